The van der Waals surface area contributed by atoms with Crippen LogP contribution in [0.2, 0.25) is 0 Å². The number of benzene rings is 2. The first-order valence-corrected chi connectivity index (χ1v) is 6.33. The molecule has 0 atom stereocenters. The molecule has 0 heterocycles. The Kier molecular flexibility index (Phi) is 6.30. The lowest BCUT2D eigenvalue weighted by atomic mass is 10.2. The number of carbonyl (C=O) groups excluding carboxylic acids is 1. The highest BCUT2D eigenvalue weighted by molar-refractivity contribution is 5.88. The highest BCUT2D eigenvalue weighted by Crippen LogP contribution is 2.13. The van der Waals surface area contributed by atoms with Gasteiger partial charge >= 0.3 is 17.9 Å². The van der Waals surface area contributed by atoms with Gasteiger partial charge in [-0.05, 0) is 36.4 Å². The molecule has 0 unspecified atom stereocenters. The molecule has 0 aliphatic heterocycles. The molecule has 0 aliphatic carbocycles. The predicted octanol–water partition coefficient (Wildman–Crippen LogP) is 2.40. The van der Waals surface area contributed by atoms with Crippen molar-refractivity contribution in [2.24, 2.45) is 0 Å². The number of rotatable bonds is 3. The zero-order valence-corrected chi connectivity index (χ0v) is 12.1. The number of carboxylic acid groups (broad SMARTS) is 2. The molecule has 120 valence electrons. The van der Waals surface area contributed by atoms with Gasteiger partial charge in [0.2, 0.25) is 0 Å². The average Bonchev–Trinajstić information content (AvgIpc) is 2.47. The number of ether oxygens (including phenoxy) is 1. The maximum Gasteiger partial charge on any atom is 0.335 e. The molecule has 2 rings (SSSR count). The van der Waals surface area contributed by atoms with Crippen molar-refractivity contribution in [1.82, 2.24) is 0 Å². The largest absolute Gasteiger partial charge is 0.508 e. The van der Waals surface area contributed by atoms with Gasteiger partial charge in [0.15, 0.2) is 0 Å². The fraction of sp³-hybridized carbons (Fsp3) is 0.0625. The fourth-order valence-corrected chi connectivity index (χ4v) is 1.50. The summed E-state index contributed by atoms with van der Waals surface area (Å²) in [6.45, 7) is 1.26. The van der Waals surface area contributed by atoms with Crippen molar-refractivity contribution in [3.8, 4) is 11.5 Å². The van der Waals surface area contributed by atoms with E-state index in [4.69, 9.17) is 20.1 Å². The third-order valence-corrected chi connectivity index (χ3v) is 2.44. The first kappa shape index (κ1) is 17.7. The molecule has 0 spiro atoms. The minimum absolute atomic E-state index is 0.0279. The van der Waals surface area contributed by atoms with Gasteiger partial charge < -0.3 is 20.1 Å². The maximum absolute atomic E-state index is 10.5. The van der Waals surface area contributed by atoms with Crippen molar-refractivity contribution in [2.75, 3.05) is 0 Å². The lowest BCUT2D eigenvalue weighted by Gasteiger charge is -2.00. The molecule has 0 saturated heterocycles. The second-order valence-electron chi connectivity index (χ2n) is 4.28. The first-order valence-electron chi connectivity index (χ1n) is 6.33. The molecular weight excluding hydrogens is 304 g/mol. The van der Waals surface area contributed by atoms with E-state index in [1.165, 1.54) is 55.5 Å². The van der Waals surface area contributed by atoms with Crippen LogP contribution in [0.5, 0.6) is 11.5 Å². The van der Waals surface area contributed by atoms with Gasteiger partial charge in [0.1, 0.15) is 11.5 Å². The third kappa shape index (κ3) is 6.30. The molecule has 0 saturated carbocycles. The number of hydrogen-bond donors (Lipinski definition) is 3. The van der Waals surface area contributed by atoms with Crippen LogP contribution in [0.3, 0.4) is 0 Å². The van der Waals surface area contributed by atoms with E-state index in [0.717, 1.165) is 0 Å². The van der Waals surface area contributed by atoms with E-state index in [0.29, 0.717) is 0 Å². The Labute approximate surface area is 131 Å². The molecule has 0 fully saturated rings. The zero-order chi connectivity index (χ0) is 17.4. The lowest BCUT2D eigenvalue weighted by Crippen LogP contribution is -2.03. The smallest absolute Gasteiger partial charge is 0.335 e. The summed E-state index contributed by atoms with van der Waals surface area (Å²) in [5.74, 6) is -2.33. The van der Waals surface area contributed by atoms with Crippen LogP contribution in [-0.2, 0) is 4.79 Å². The molecule has 0 aromatic heterocycles. The van der Waals surface area contributed by atoms with Crippen molar-refractivity contribution >= 4 is 17.9 Å². The summed E-state index contributed by atoms with van der Waals surface area (Å²) in [5.41, 5.74) is 0.193. The summed E-state index contributed by atoms with van der Waals surface area (Å²) < 4.78 is 4.70. The molecule has 0 bridgehead atoms. The summed E-state index contributed by atoms with van der Waals surface area (Å²) in [6, 6.07) is 11.3. The summed E-state index contributed by atoms with van der Waals surface area (Å²) in [4.78, 5) is 31.3. The van der Waals surface area contributed by atoms with Gasteiger partial charge in [0.05, 0.1) is 11.1 Å². The Morgan fingerprint density at radius 2 is 1.39 bits per heavy atom. The Balaban J connectivity index is 0.000000238. The lowest BCUT2D eigenvalue weighted by molar-refractivity contribution is -0.131. The van der Waals surface area contributed by atoms with Gasteiger partial charge in [0, 0.05) is 6.92 Å². The highest BCUT2D eigenvalue weighted by atomic mass is 16.5. The molecule has 7 heteroatoms. The van der Waals surface area contributed by atoms with E-state index >= 15 is 0 Å². The topological polar surface area (TPSA) is 121 Å². The minimum Gasteiger partial charge on any atom is -0.508 e. The van der Waals surface area contributed by atoms with Gasteiger partial charge in [0.25, 0.3) is 0 Å². The van der Waals surface area contributed by atoms with Gasteiger partial charge in [-0.2, -0.15) is 0 Å². The molecule has 0 aliphatic rings. The summed E-state index contributed by atoms with van der Waals surface area (Å²) in [6.07, 6.45) is 0. The summed E-state index contributed by atoms with van der Waals surface area (Å²) >= 11 is 0. The molecule has 23 heavy (non-hydrogen) atoms. The van der Waals surface area contributed by atoms with E-state index in [1.54, 1.807) is 0 Å². The van der Waals surface area contributed by atoms with E-state index in [1.807, 2.05) is 0 Å². The molecule has 7 nitrogen and oxygen atoms in total. The molecule has 0 radical (unpaired) electrons. The van der Waals surface area contributed by atoms with Crippen LogP contribution in [0.4, 0.5) is 0 Å². The Morgan fingerprint density at radius 1 is 0.870 bits per heavy atom. The van der Waals surface area contributed by atoms with E-state index < -0.39 is 17.9 Å². The van der Waals surface area contributed by atoms with Crippen molar-refractivity contribution in [3.05, 3.63) is 59.7 Å². The van der Waals surface area contributed by atoms with Crippen molar-refractivity contribution in [2.45, 2.75) is 6.92 Å². The van der Waals surface area contributed by atoms with Gasteiger partial charge in [-0.1, -0.05) is 12.1 Å². The van der Waals surface area contributed by atoms with E-state index in [9.17, 15) is 14.4 Å². The second kappa shape index (κ2) is 8.18. The van der Waals surface area contributed by atoms with Crippen LogP contribution in [-0.4, -0.2) is 33.2 Å². The van der Waals surface area contributed by atoms with Crippen LogP contribution in [0.25, 0.3) is 0 Å². The third-order valence-electron chi connectivity index (χ3n) is 2.44. The van der Waals surface area contributed by atoms with Gasteiger partial charge in [-0.15, -0.1) is 0 Å². The van der Waals surface area contributed by atoms with Crippen LogP contribution in [0, 0.1) is 0 Å². The standard InChI is InChI=1S/C9H8O4.C7H6O3/c1-6(10)13-8-4-2-3-7(5-8)9(11)12;8-6-3-1-2-5(4-6)7(9)10/h2-5H,1H3,(H,11,12);1-4,8H,(H,9,10). The average molecular weight is 318 g/mol. The van der Waals surface area contributed by atoms with Crippen LogP contribution >= 0.6 is 0 Å². The number of aromatic hydroxyl groups is 1. The quantitative estimate of drug-likeness (QED) is 0.587. The summed E-state index contributed by atoms with van der Waals surface area (Å²) in [7, 11) is 0. The fourth-order valence-electron chi connectivity index (χ4n) is 1.50. The van der Waals surface area contributed by atoms with Gasteiger partial charge in [-0.25, -0.2) is 9.59 Å². The normalized spacial score (nSPS) is 9.26. The number of hydrogen-bond acceptors (Lipinski definition) is 5. The number of esters is 1. The molecule has 3 N–H and O–H groups in total. The Morgan fingerprint density at radius 3 is 1.83 bits per heavy atom. The SMILES string of the molecule is CC(=O)Oc1cccc(C(=O)O)c1.O=C(O)c1cccc(O)c1. The maximum atomic E-state index is 10.5. The highest BCUT2D eigenvalue weighted by Gasteiger charge is 2.04. The number of aromatic carboxylic acids is 2. The first-order chi connectivity index (χ1) is 10.8. The predicted molar refractivity (Wildman–Crippen MR) is 79.8 cm³/mol. The molecule has 0 amide bonds. The minimum atomic E-state index is -1.05. The number of carbonyl (C=O) groups is 3. The van der Waals surface area contributed by atoms with Crippen LogP contribution in [0.15, 0.2) is 48.5 Å². The Bertz CT molecular complexity index is 722. The van der Waals surface area contributed by atoms with Crippen LogP contribution < -0.4 is 4.74 Å². The number of carboxylic acids is 2. The summed E-state index contributed by atoms with van der Waals surface area (Å²) in [5, 5.41) is 25.8. The van der Waals surface area contributed by atoms with Crippen LogP contribution in [0.1, 0.15) is 27.6 Å². The molecule has 2 aromatic rings. The molecular formula is C16H14O7. The zero-order valence-electron chi connectivity index (χ0n) is 12.1. The van der Waals surface area contributed by atoms with E-state index in [-0.39, 0.29) is 22.6 Å². The monoisotopic (exact) mass is 318 g/mol. The second-order valence-corrected chi connectivity index (χ2v) is 4.28. The molecule has 2 aromatic carbocycles. The Hall–Kier alpha value is -3.35. The number of phenolic OH excluding ortho intramolecular Hbond substituents is 1. The van der Waals surface area contributed by atoms with Crippen molar-refractivity contribution in [3.63, 3.8) is 0 Å². The van der Waals surface area contributed by atoms with Crippen molar-refractivity contribution in [1.29, 1.82) is 0 Å². The van der Waals surface area contributed by atoms with Crippen molar-refractivity contribution < 1.29 is 34.4 Å². The van der Waals surface area contributed by atoms with E-state index in [2.05, 4.69) is 0 Å². The van der Waals surface area contributed by atoms with Gasteiger partial charge in [-0.3, -0.25) is 4.79 Å². The number of phenols is 1.